The molecule has 0 atom stereocenters. The molecule has 12 nitrogen and oxygen atoms in total. The Morgan fingerprint density at radius 1 is 0.211 bits per heavy atom. The molecule has 252 valence electrons. The van der Waals surface area contributed by atoms with Crippen LogP contribution in [0.4, 0.5) is 0 Å². The zero-order valence-electron chi connectivity index (χ0n) is 26.2. The topological polar surface area (TPSA) is 277 Å². The molecular weight excluding hydrogens is 760 g/mol. The molecule has 0 aliphatic rings. The Balaban J connectivity index is -0.0000000137. The standard InChI is InChI=1S/12C2H5O.Mo.W/c12*1-2-3;;/h12*2H2,1H3;;/q12*-1;;. The first kappa shape index (κ1) is 90.1. The summed E-state index contributed by atoms with van der Waals surface area (Å²) in [7, 11) is 0. The summed E-state index contributed by atoms with van der Waals surface area (Å²) in [6.07, 6.45) is 0. The molecule has 0 heterocycles. The van der Waals surface area contributed by atoms with Crippen molar-refractivity contribution in [2.75, 3.05) is 79.3 Å². The van der Waals surface area contributed by atoms with Gasteiger partial charge in [-0.3, -0.25) is 0 Å². The van der Waals surface area contributed by atoms with Crippen molar-refractivity contribution in [1.29, 1.82) is 0 Å². The molecular formula is C24H60MoO12W-12. The quantitative estimate of drug-likeness (QED) is 0.206. The second kappa shape index (κ2) is 310. The van der Waals surface area contributed by atoms with E-state index in [0.717, 1.165) is 0 Å². The second-order valence-corrected chi connectivity index (χ2v) is 3.46. The molecule has 0 radical (unpaired) electrons. The molecule has 0 N–H and O–H groups in total. The fourth-order valence-corrected chi connectivity index (χ4v) is 0. The van der Waals surface area contributed by atoms with Gasteiger partial charge in [0.2, 0.25) is 0 Å². The maximum Gasteiger partial charge on any atom is 0 e. The molecule has 0 aromatic rings. The van der Waals surface area contributed by atoms with Gasteiger partial charge in [-0.1, -0.05) is 83.1 Å². The van der Waals surface area contributed by atoms with Crippen molar-refractivity contribution in [2.45, 2.75) is 83.1 Å². The van der Waals surface area contributed by atoms with Gasteiger partial charge in [-0.15, -0.1) is 79.3 Å². The van der Waals surface area contributed by atoms with Crippen molar-refractivity contribution in [3.05, 3.63) is 0 Å². The normalized spacial score (nSPS) is 5.68. The molecule has 0 spiro atoms. The van der Waals surface area contributed by atoms with Crippen LogP contribution in [-0.4, -0.2) is 79.3 Å². The largest absolute Gasteiger partial charge is 0.855 e. The van der Waals surface area contributed by atoms with Crippen LogP contribution in [0.3, 0.4) is 0 Å². The molecule has 0 aliphatic carbocycles. The van der Waals surface area contributed by atoms with Crippen LogP contribution in [0.1, 0.15) is 83.1 Å². The molecule has 0 fully saturated rings. The Morgan fingerprint density at radius 3 is 0.211 bits per heavy atom. The average molecular weight is 821 g/mol. The van der Waals surface area contributed by atoms with Crippen molar-refractivity contribution in [3.63, 3.8) is 0 Å². The molecule has 0 aliphatic heterocycles. The van der Waals surface area contributed by atoms with Crippen LogP contribution in [0.2, 0.25) is 0 Å². The summed E-state index contributed by atoms with van der Waals surface area (Å²) in [6, 6.07) is 0. The maximum absolute atomic E-state index is 8.93. The molecule has 0 unspecified atom stereocenters. The van der Waals surface area contributed by atoms with Gasteiger partial charge >= 0.3 is 0 Å². The van der Waals surface area contributed by atoms with Gasteiger partial charge in [-0.05, 0) is 0 Å². The molecule has 0 aromatic carbocycles. The first-order valence-corrected chi connectivity index (χ1v) is 11.9. The minimum absolute atomic E-state index is 0. The van der Waals surface area contributed by atoms with E-state index in [1.807, 2.05) is 0 Å². The van der Waals surface area contributed by atoms with Gasteiger partial charge in [0.15, 0.2) is 0 Å². The third kappa shape index (κ3) is 59100. The summed E-state index contributed by atoms with van der Waals surface area (Å²) in [4.78, 5) is 0. The maximum atomic E-state index is 8.93. The van der Waals surface area contributed by atoms with E-state index < -0.39 is 0 Å². The molecule has 38 heavy (non-hydrogen) atoms. The van der Waals surface area contributed by atoms with Crippen LogP contribution in [0.15, 0.2) is 0 Å². The van der Waals surface area contributed by atoms with Gasteiger partial charge in [0, 0.05) is 42.1 Å². The van der Waals surface area contributed by atoms with Crippen molar-refractivity contribution in [3.8, 4) is 0 Å². The summed E-state index contributed by atoms with van der Waals surface area (Å²) in [6.45, 7) is 18.8. The monoisotopic (exact) mass is 822 g/mol. The van der Waals surface area contributed by atoms with E-state index in [1.54, 1.807) is 83.1 Å². The molecule has 0 amide bonds. The van der Waals surface area contributed by atoms with Crippen LogP contribution in [0.25, 0.3) is 0 Å². The molecule has 0 rings (SSSR count). The number of rotatable bonds is 0. The summed E-state index contributed by atoms with van der Waals surface area (Å²) in [5.74, 6) is 0. The third-order valence-corrected chi connectivity index (χ3v) is 0. The zero-order chi connectivity index (χ0) is 32.5. The van der Waals surface area contributed by atoms with Crippen LogP contribution in [0.5, 0.6) is 0 Å². The predicted molar refractivity (Wildman–Crippen MR) is 126 cm³/mol. The Kier molecular flexibility index (Phi) is 736. The minimum Gasteiger partial charge on any atom is -0.855 e. The van der Waals surface area contributed by atoms with Crippen LogP contribution in [0, 0.1) is 0 Å². The van der Waals surface area contributed by atoms with Gasteiger partial charge in [-0.2, -0.15) is 0 Å². The van der Waals surface area contributed by atoms with E-state index in [9.17, 15) is 0 Å². The van der Waals surface area contributed by atoms with Crippen molar-refractivity contribution >= 4 is 0 Å². The zero-order valence-corrected chi connectivity index (χ0v) is 31.1. The fraction of sp³-hybridized carbons (Fsp3) is 1.00. The van der Waals surface area contributed by atoms with Gasteiger partial charge in [-0.25, -0.2) is 0 Å². The predicted octanol–water partition coefficient (Wildman–Crippen LogP) is -7.61. The van der Waals surface area contributed by atoms with Crippen LogP contribution < -0.4 is 61.3 Å². The molecule has 0 saturated heterocycles. The molecule has 0 aromatic heterocycles. The first-order valence-electron chi connectivity index (χ1n) is 11.9. The SMILES string of the molecule is CC[O-].CC[O-].CC[O-].CC[O-].CC[O-].CC[O-].CC[O-].CC[O-].CC[O-].CC[O-].CC[O-].CC[O-].[Mo].[W]. The summed E-state index contributed by atoms with van der Waals surface area (Å²) in [5, 5.41) is 107. The molecule has 0 saturated carbocycles. The van der Waals surface area contributed by atoms with E-state index >= 15 is 0 Å². The van der Waals surface area contributed by atoms with Crippen molar-refractivity contribution in [2.24, 2.45) is 0 Å². The second-order valence-electron chi connectivity index (χ2n) is 3.46. The van der Waals surface area contributed by atoms with E-state index in [0.29, 0.717) is 0 Å². The molecule has 0 bridgehead atoms. The van der Waals surface area contributed by atoms with Gasteiger partial charge in [0.25, 0.3) is 0 Å². The number of hydrogen-bond donors (Lipinski definition) is 0. The van der Waals surface area contributed by atoms with E-state index in [1.165, 1.54) is 0 Å². The minimum atomic E-state index is 0. The van der Waals surface area contributed by atoms with E-state index in [-0.39, 0.29) is 121 Å². The van der Waals surface area contributed by atoms with Crippen LogP contribution >= 0.6 is 0 Å². The Morgan fingerprint density at radius 2 is 0.211 bits per heavy atom. The van der Waals surface area contributed by atoms with Crippen molar-refractivity contribution in [1.82, 2.24) is 0 Å². The fourth-order valence-electron chi connectivity index (χ4n) is 0. The van der Waals surface area contributed by atoms with Gasteiger partial charge < -0.3 is 61.3 Å². The van der Waals surface area contributed by atoms with E-state index in [2.05, 4.69) is 0 Å². The summed E-state index contributed by atoms with van der Waals surface area (Å²) in [5.41, 5.74) is 0. The smallest absolute Gasteiger partial charge is 0 e. The Labute approximate surface area is 265 Å². The van der Waals surface area contributed by atoms with Gasteiger partial charge in [0.1, 0.15) is 0 Å². The number of hydrogen-bond acceptors (Lipinski definition) is 12. The average Bonchev–Trinajstić information content (AvgIpc) is 2.75. The Hall–Kier alpha value is 0.897. The first-order chi connectivity index (χ1) is 17.0. The third-order valence-electron chi connectivity index (χ3n) is 0. The molecule has 14 heteroatoms. The Bertz CT molecular complexity index is 89.4. The van der Waals surface area contributed by atoms with Crippen LogP contribution in [-0.2, 0) is 42.1 Å². The van der Waals surface area contributed by atoms with Crippen molar-refractivity contribution < 1.29 is 103 Å². The summed E-state index contributed by atoms with van der Waals surface area (Å²) < 4.78 is 0. The van der Waals surface area contributed by atoms with E-state index in [4.69, 9.17) is 61.3 Å². The summed E-state index contributed by atoms with van der Waals surface area (Å²) >= 11 is 0. The van der Waals surface area contributed by atoms with Gasteiger partial charge in [0.05, 0.1) is 0 Å².